The average Bonchev–Trinajstić information content (AvgIpc) is 2.67. The molecule has 30 heavy (non-hydrogen) atoms. The largest absolute Gasteiger partial charge is 0.368 e. The van der Waals surface area contributed by atoms with E-state index in [0.29, 0.717) is 17.8 Å². The second-order valence-electron chi connectivity index (χ2n) is 6.81. The lowest BCUT2D eigenvalue weighted by atomic mass is 10.0. The van der Waals surface area contributed by atoms with Gasteiger partial charge < -0.3 is 27.5 Å². The van der Waals surface area contributed by atoms with Gasteiger partial charge >= 0.3 is 0 Å². The van der Waals surface area contributed by atoms with Crippen molar-refractivity contribution >= 4 is 47.4 Å². The fourth-order valence-electron chi connectivity index (χ4n) is 2.55. The maximum absolute atomic E-state index is 11.8. The molecule has 1 aromatic heterocycles. The molecule has 2 amide bonds. The van der Waals surface area contributed by atoms with Gasteiger partial charge in [0.05, 0.1) is 11.9 Å². The monoisotopic (exact) mass is 411 g/mol. The molecule has 1 aromatic carbocycles. The van der Waals surface area contributed by atoms with E-state index in [4.69, 9.17) is 16.9 Å². The molecule has 2 aromatic rings. The van der Waals surface area contributed by atoms with Crippen LogP contribution in [0.5, 0.6) is 0 Å². The Labute approximate surface area is 173 Å². The Morgan fingerprint density at radius 1 is 1.27 bits per heavy atom. The number of primary amides is 2. The summed E-state index contributed by atoms with van der Waals surface area (Å²) in [5.74, 6) is -0.694. The highest BCUT2D eigenvalue weighted by Gasteiger charge is 2.19. The number of rotatable bonds is 11. The SMILES string of the molecule is CC(C)CC(Nc1ncc(C(N)=O)c(Nc2cccc(NN=CC=N)c2)n1)C(N)=O. The molecule has 0 fully saturated rings. The first kappa shape index (κ1) is 22.3. The number of aromatic nitrogens is 2. The van der Waals surface area contributed by atoms with Crippen LogP contribution in [-0.4, -0.2) is 40.3 Å². The standard InChI is InChI=1S/C19H25N9O2/c1-11(2)8-15(17(22)30)26-19-23-10-14(16(21)29)18(27-19)25-12-4-3-5-13(9-12)28-24-7-6-20/h3-7,9-11,15,20,28H,8H2,1-2H3,(H2,21,29)(H2,22,30)(H2,23,25,26,27). The summed E-state index contributed by atoms with van der Waals surface area (Å²) in [7, 11) is 0. The molecule has 1 heterocycles. The first-order valence-corrected chi connectivity index (χ1v) is 9.18. The van der Waals surface area contributed by atoms with Crippen molar-refractivity contribution in [2.75, 3.05) is 16.1 Å². The van der Waals surface area contributed by atoms with Crippen molar-refractivity contribution in [3.05, 3.63) is 36.0 Å². The lowest BCUT2D eigenvalue weighted by Crippen LogP contribution is -2.37. The smallest absolute Gasteiger partial charge is 0.254 e. The number of hydrazone groups is 1. The molecule has 158 valence electrons. The van der Waals surface area contributed by atoms with Crippen LogP contribution < -0.4 is 27.5 Å². The Morgan fingerprint density at radius 2 is 2.00 bits per heavy atom. The predicted octanol–water partition coefficient (Wildman–Crippen LogP) is 1.68. The van der Waals surface area contributed by atoms with E-state index in [1.807, 2.05) is 13.8 Å². The van der Waals surface area contributed by atoms with Crippen molar-refractivity contribution in [2.45, 2.75) is 26.3 Å². The molecule has 1 atom stereocenters. The van der Waals surface area contributed by atoms with E-state index in [1.165, 1.54) is 12.4 Å². The van der Waals surface area contributed by atoms with Crippen LogP contribution in [0, 0.1) is 11.3 Å². The average molecular weight is 411 g/mol. The third kappa shape index (κ3) is 6.55. The van der Waals surface area contributed by atoms with Crippen molar-refractivity contribution in [3.8, 4) is 0 Å². The zero-order chi connectivity index (χ0) is 22.1. The molecule has 0 bridgehead atoms. The Balaban J connectivity index is 2.29. The summed E-state index contributed by atoms with van der Waals surface area (Å²) in [6.45, 7) is 3.93. The predicted molar refractivity (Wildman–Crippen MR) is 117 cm³/mol. The Bertz CT molecular complexity index is 943. The van der Waals surface area contributed by atoms with Gasteiger partial charge in [-0.2, -0.15) is 10.1 Å². The van der Waals surface area contributed by atoms with Crippen LogP contribution in [0.1, 0.15) is 30.6 Å². The van der Waals surface area contributed by atoms with Crippen molar-refractivity contribution in [3.63, 3.8) is 0 Å². The fourth-order valence-corrected chi connectivity index (χ4v) is 2.55. The van der Waals surface area contributed by atoms with Crippen LogP contribution in [-0.2, 0) is 4.79 Å². The van der Waals surface area contributed by atoms with Crippen LogP contribution in [0.2, 0.25) is 0 Å². The van der Waals surface area contributed by atoms with E-state index >= 15 is 0 Å². The first-order valence-electron chi connectivity index (χ1n) is 9.18. The maximum Gasteiger partial charge on any atom is 0.254 e. The Hall–Kier alpha value is -4.02. The summed E-state index contributed by atoms with van der Waals surface area (Å²) in [6, 6.07) is 6.37. The van der Waals surface area contributed by atoms with Gasteiger partial charge in [-0.3, -0.25) is 15.0 Å². The number of nitrogens with zero attached hydrogens (tertiary/aromatic N) is 3. The topological polar surface area (TPSA) is 184 Å². The van der Waals surface area contributed by atoms with Crippen molar-refractivity contribution in [2.24, 2.45) is 22.5 Å². The van der Waals surface area contributed by atoms with E-state index < -0.39 is 17.9 Å². The first-order chi connectivity index (χ1) is 14.3. The van der Waals surface area contributed by atoms with Gasteiger partial charge in [0, 0.05) is 18.1 Å². The molecule has 11 nitrogen and oxygen atoms in total. The zero-order valence-electron chi connectivity index (χ0n) is 16.7. The second kappa shape index (κ2) is 10.5. The van der Waals surface area contributed by atoms with Crippen LogP contribution >= 0.6 is 0 Å². The quantitative estimate of drug-likeness (QED) is 0.240. The van der Waals surface area contributed by atoms with E-state index in [1.54, 1.807) is 24.3 Å². The molecule has 1 unspecified atom stereocenters. The third-order valence-corrected chi connectivity index (χ3v) is 3.88. The van der Waals surface area contributed by atoms with Crippen LogP contribution in [0.3, 0.4) is 0 Å². The molecule has 0 radical (unpaired) electrons. The molecule has 2 rings (SSSR count). The molecule has 8 N–H and O–H groups in total. The minimum absolute atomic E-state index is 0.0835. The molecule has 0 saturated heterocycles. The van der Waals surface area contributed by atoms with E-state index in [-0.39, 0.29) is 23.2 Å². The zero-order valence-corrected chi connectivity index (χ0v) is 16.7. The second-order valence-corrected chi connectivity index (χ2v) is 6.81. The number of carbonyl (C=O) groups excluding carboxylic acids is 2. The van der Waals surface area contributed by atoms with E-state index in [9.17, 15) is 9.59 Å². The number of nitrogens with two attached hydrogens (primary N) is 2. The molecule has 0 saturated carbocycles. The van der Waals surface area contributed by atoms with Crippen LogP contribution in [0.4, 0.5) is 23.1 Å². The summed E-state index contributed by atoms with van der Waals surface area (Å²) < 4.78 is 0. The molecule has 0 aliphatic heterocycles. The molecule has 0 aliphatic carbocycles. The molecule has 0 aliphatic rings. The maximum atomic E-state index is 11.8. The molecular formula is C19H25N9O2. The van der Waals surface area contributed by atoms with E-state index in [2.05, 4.69) is 31.1 Å². The minimum Gasteiger partial charge on any atom is -0.368 e. The summed E-state index contributed by atoms with van der Waals surface area (Å²) in [5, 5.41) is 16.7. The Kier molecular flexibility index (Phi) is 7.80. The van der Waals surface area contributed by atoms with E-state index in [0.717, 1.165) is 6.21 Å². The Morgan fingerprint density at radius 3 is 2.63 bits per heavy atom. The van der Waals surface area contributed by atoms with Gasteiger partial charge in [-0.1, -0.05) is 19.9 Å². The van der Waals surface area contributed by atoms with Gasteiger partial charge in [-0.05, 0) is 30.5 Å². The molecule has 0 spiro atoms. The summed E-state index contributed by atoms with van der Waals surface area (Å²) in [5.41, 5.74) is 15.0. The fraction of sp³-hybridized carbons (Fsp3) is 0.263. The summed E-state index contributed by atoms with van der Waals surface area (Å²) >= 11 is 0. The molecular weight excluding hydrogens is 386 g/mol. The highest BCUT2D eigenvalue weighted by atomic mass is 16.1. The van der Waals surface area contributed by atoms with Crippen LogP contribution in [0.25, 0.3) is 0 Å². The number of benzene rings is 1. The van der Waals surface area contributed by atoms with Gasteiger partial charge in [0.1, 0.15) is 17.4 Å². The third-order valence-electron chi connectivity index (χ3n) is 3.88. The summed E-state index contributed by atoms with van der Waals surface area (Å²) in [4.78, 5) is 31.9. The summed E-state index contributed by atoms with van der Waals surface area (Å²) in [6.07, 6.45) is 4.12. The number of hydrogen-bond acceptors (Lipinski definition) is 9. The number of amides is 2. The lowest BCUT2D eigenvalue weighted by molar-refractivity contribution is -0.119. The number of nitrogens with one attached hydrogen (secondary N) is 4. The van der Waals surface area contributed by atoms with Crippen molar-refractivity contribution in [1.29, 1.82) is 5.41 Å². The van der Waals surface area contributed by atoms with Crippen molar-refractivity contribution < 1.29 is 9.59 Å². The van der Waals surface area contributed by atoms with Crippen LogP contribution in [0.15, 0.2) is 35.6 Å². The normalized spacial score (nSPS) is 11.8. The number of carbonyl (C=O) groups is 2. The van der Waals surface area contributed by atoms with Gasteiger partial charge in [0.2, 0.25) is 11.9 Å². The van der Waals surface area contributed by atoms with Gasteiger partial charge in [-0.15, -0.1) is 0 Å². The number of anilines is 4. The van der Waals surface area contributed by atoms with Crippen molar-refractivity contribution in [1.82, 2.24) is 9.97 Å². The highest BCUT2D eigenvalue weighted by molar-refractivity contribution is 6.14. The van der Waals surface area contributed by atoms with Gasteiger partial charge in [0.15, 0.2) is 0 Å². The minimum atomic E-state index is -0.706. The number of hydrogen-bond donors (Lipinski definition) is 6. The van der Waals surface area contributed by atoms with Gasteiger partial charge in [0.25, 0.3) is 5.91 Å². The molecule has 11 heteroatoms. The van der Waals surface area contributed by atoms with Gasteiger partial charge in [-0.25, -0.2) is 4.98 Å². The lowest BCUT2D eigenvalue weighted by Gasteiger charge is -2.18. The highest BCUT2D eigenvalue weighted by Crippen LogP contribution is 2.23.